The van der Waals surface area contributed by atoms with Crippen molar-refractivity contribution in [2.75, 3.05) is 0 Å². The van der Waals surface area contributed by atoms with E-state index >= 15 is 0 Å². The van der Waals surface area contributed by atoms with E-state index in [9.17, 15) is 0 Å². The van der Waals surface area contributed by atoms with Gasteiger partial charge in [0, 0.05) is 52.4 Å². The van der Waals surface area contributed by atoms with Crippen LogP contribution in [0.4, 0.5) is 0 Å². The van der Waals surface area contributed by atoms with Gasteiger partial charge in [0.15, 0.2) is 0 Å². The van der Waals surface area contributed by atoms with Gasteiger partial charge in [-0.1, -0.05) is 426 Å². The Hall–Kier alpha value is -17.8. The van der Waals surface area contributed by atoms with Crippen molar-refractivity contribution < 1.29 is 0 Å². The van der Waals surface area contributed by atoms with Crippen molar-refractivity contribution in [3.63, 3.8) is 0 Å². The van der Waals surface area contributed by atoms with Crippen molar-refractivity contribution in [3.05, 3.63) is 496 Å². The maximum absolute atomic E-state index is 4.58. The molecule has 0 saturated carbocycles. The van der Waals surface area contributed by atoms with Crippen molar-refractivity contribution in [3.8, 4) is 128 Å². The van der Waals surface area contributed by atoms with Gasteiger partial charge in [0.05, 0.1) is 22.4 Å². The number of aromatic nitrogens is 4. The zero-order chi connectivity index (χ0) is 99.1. The minimum absolute atomic E-state index is 0.0606. The lowest BCUT2D eigenvalue weighted by atomic mass is 9.81. The zero-order valence-corrected chi connectivity index (χ0v) is 83.9. The Kier molecular flexibility index (Phi) is 21.6. The third kappa shape index (κ3) is 16.0. The molecule has 0 aliphatic heterocycles. The minimum atomic E-state index is 0.0606. The van der Waals surface area contributed by atoms with Crippen LogP contribution in [0, 0.1) is 0 Å². The van der Waals surface area contributed by atoms with Crippen LogP contribution >= 0.6 is 0 Å². The molecule has 0 fully saturated rings. The molecule has 0 atom stereocenters. The number of para-hydroxylation sites is 2. The van der Waals surface area contributed by atoms with Gasteiger partial charge in [0.2, 0.25) is 0 Å². The Morgan fingerprint density at radius 2 is 0.510 bits per heavy atom. The number of rotatable bonds is 12. The highest BCUT2D eigenvalue weighted by atomic mass is 15.0. The molecule has 24 aromatic carbocycles. The molecule has 4 nitrogen and oxygen atoms in total. The van der Waals surface area contributed by atoms with Crippen LogP contribution < -0.4 is 0 Å². The molecule has 0 amide bonds. The van der Waals surface area contributed by atoms with Gasteiger partial charge in [-0.05, 0) is 343 Å². The van der Waals surface area contributed by atoms with Crippen molar-refractivity contribution in [1.82, 2.24) is 19.5 Å². The largest absolute Gasteiger partial charge is 0.309 e. The van der Waals surface area contributed by atoms with Crippen molar-refractivity contribution in [1.29, 1.82) is 0 Å². The summed E-state index contributed by atoms with van der Waals surface area (Å²) in [7, 11) is 0. The second-order valence-electron chi connectivity index (χ2n) is 42.9. The van der Waals surface area contributed by atoms with E-state index in [2.05, 4.69) is 506 Å². The normalized spacial score (nSPS) is 12.1. The summed E-state index contributed by atoms with van der Waals surface area (Å²) < 4.78 is 2.39. The van der Waals surface area contributed by atoms with Gasteiger partial charge in [-0.15, -0.1) is 0 Å². The van der Waals surface area contributed by atoms with Gasteiger partial charge in [-0.25, -0.2) is 0 Å². The van der Waals surface area contributed by atoms with Crippen molar-refractivity contribution in [2.45, 2.75) is 78.6 Å². The molecule has 0 radical (unpaired) electrons. The van der Waals surface area contributed by atoms with Gasteiger partial charge in [-0.3, -0.25) is 15.0 Å². The first kappa shape index (κ1) is 89.3. The lowest BCUT2D eigenvalue weighted by Gasteiger charge is -2.23. The Labute approximate surface area is 856 Å². The summed E-state index contributed by atoms with van der Waals surface area (Å²) in [6.07, 6.45) is 7.46. The Bertz CT molecular complexity index is 9900. The number of pyridine rings is 3. The molecule has 0 bridgehead atoms. The smallest absolute Gasteiger partial charge is 0.0701 e. The van der Waals surface area contributed by atoms with E-state index < -0.39 is 0 Å². The van der Waals surface area contributed by atoms with Crippen LogP contribution in [0.2, 0.25) is 0 Å². The second-order valence-corrected chi connectivity index (χ2v) is 42.9. The van der Waals surface area contributed by atoms with Crippen molar-refractivity contribution in [2.24, 2.45) is 0 Å². The number of nitrogens with zero attached hydrogens (tertiary/aromatic N) is 4. The highest BCUT2D eigenvalue weighted by Gasteiger charge is 2.28. The quantitative estimate of drug-likeness (QED) is 0.115. The Morgan fingerprint density at radius 1 is 0.170 bits per heavy atom. The molecule has 0 aliphatic rings. The van der Waals surface area contributed by atoms with E-state index in [4.69, 9.17) is 0 Å². The number of hydrogen-bond acceptors (Lipinski definition) is 3. The standard InChI is InChI=1S/C49H36N2.2C47H35N/c1-49(2,3)37-26-34-19-22-40-42(32-17-15-31(16-18-32)36-10-9-25-50-30-36)29-43(41-23-20-35(27-37)47(34)48(40)41)33-21-24-46-44(28-33)39-13-7-8-14-45(39)51(46)38-11-5-4-6-12-38;1-47(2,3)37-27-35-22-24-40-42(32-16-14-31(15-17-32)39-12-8-10-30-9-4-5-11-38(30)39)29-43(41-25-23-36(28-37)45(35)46(40)41)33-18-20-34(21-19-33)44-13-6-7-26-48-44;1-47(2,3)39-27-37-20-22-40-42(31-15-17-32(18-16-31)44-13-6-7-24-48-44)29-43(41-23-21-38(28-39)45(37)46(40)41)36-12-8-11-34(26-36)35-19-14-30-9-4-5-10-33(30)25-35/h4-30H,1-3H3;2*4-29H,1-3H3. The maximum atomic E-state index is 4.58. The fraction of sp³-hybridized carbons (Fsp3) is 0.0839. The van der Waals surface area contributed by atoms with E-state index in [1.807, 2.05) is 55.1 Å². The van der Waals surface area contributed by atoms with Crippen molar-refractivity contribution >= 4 is 140 Å². The maximum Gasteiger partial charge on any atom is 0.0701 e. The molecule has 4 heteroatoms. The van der Waals surface area contributed by atoms with E-state index in [1.54, 1.807) is 0 Å². The van der Waals surface area contributed by atoms with Crippen LogP contribution in [-0.2, 0) is 16.2 Å². The van der Waals surface area contributed by atoms with Gasteiger partial charge in [0.25, 0.3) is 0 Å². The lowest BCUT2D eigenvalue weighted by Crippen LogP contribution is -2.10. The summed E-state index contributed by atoms with van der Waals surface area (Å²) in [6.45, 7) is 20.7. The molecule has 147 heavy (non-hydrogen) atoms. The first-order chi connectivity index (χ1) is 71.7. The topological polar surface area (TPSA) is 43.6 Å². The van der Waals surface area contributed by atoms with Crippen LogP contribution in [-0.4, -0.2) is 19.5 Å². The predicted octanol–water partition coefficient (Wildman–Crippen LogP) is 39.6. The molecule has 698 valence electrons. The third-order valence-corrected chi connectivity index (χ3v) is 30.8. The summed E-state index contributed by atoms with van der Waals surface area (Å²) >= 11 is 0. The number of hydrogen-bond donors (Lipinski definition) is 0. The predicted molar refractivity (Wildman–Crippen MR) is 629 cm³/mol. The average Bonchev–Trinajstić information content (AvgIpc) is 1.03. The van der Waals surface area contributed by atoms with E-state index in [-0.39, 0.29) is 16.2 Å². The van der Waals surface area contributed by atoms with Crippen LogP contribution in [0.5, 0.6) is 0 Å². The summed E-state index contributed by atoms with van der Waals surface area (Å²) in [4.78, 5) is 13.5. The molecular weight excluding hydrogens is 1770 g/mol. The SMILES string of the molecule is CC(C)(C)c1cc2ccc3c(-c4ccc(-c5ccccn5)cc4)cc(-c4ccc(-c5cccc6ccccc56)cc4)c4ccc(c1)c2c34.CC(C)(C)c1cc2ccc3c(-c4ccc(-c5ccccn5)cc4)cc(-c4cccc(-c5ccc6ccccc6c5)c4)c4ccc(c1)c2c34.CC(C)(C)c1cc2ccc3c(-c4ccc(-c5cccnc5)cc4)cc(-c4ccc5c(c4)c4ccccc4n5-c4ccccc4)c4ccc(c1)c2c34. The summed E-state index contributed by atoms with van der Waals surface area (Å²) in [5.74, 6) is 0. The molecule has 0 N–H and O–H groups in total. The molecule has 0 aliphatic carbocycles. The minimum Gasteiger partial charge on any atom is -0.309 e. The Morgan fingerprint density at radius 3 is 0.959 bits per heavy atom. The van der Waals surface area contributed by atoms with Gasteiger partial charge in [0.1, 0.15) is 0 Å². The first-order valence-corrected chi connectivity index (χ1v) is 51.4. The molecule has 0 unspecified atom stereocenters. The fourth-order valence-electron chi connectivity index (χ4n) is 23.1. The highest BCUT2D eigenvalue weighted by molar-refractivity contribution is 6.32. The van der Waals surface area contributed by atoms with Crippen LogP contribution in [0.25, 0.3) is 269 Å². The van der Waals surface area contributed by atoms with E-state index in [0.717, 1.165) is 28.1 Å². The number of fused-ring (bicyclic) bond motifs is 5. The van der Waals surface area contributed by atoms with E-state index in [0.29, 0.717) is 0 Å². The summed E-state index contributed by atoms with van der Waals surface area (Å²) in [5.41, 5.74) is 34.1. The Balaban J connectivity index is 0.000000112. The molecule has 28 aromatic rings. The number of benzene rings is 24. The van der Waals surface area contributed by atoms with E-state index in [1.165, 1.54) is 257 Å². The van der Waals surface area contributed by atoms with Crippen LogP contribution in [0.1, 0.15) is 79.0 Å². The molecule has 28 rings (SSSR count). The second kappa shape index (κ2) is 35.6. The summed E-state index contributed by atoms with van der Waals surface area (Å²) in [5, 5.41) is 31.1. The molecule has 0 spiro atoms. The molecular formula is C143H106N4. The monoisotopic (exact) mass is 1880 g/mol. The average molecular weight is 1880 g/mol. The first-order valence-electron chi connectivity index (χ1n) is 51.4. The molecule has 4 heterocycles. The van der Waals surface area contributed by atoms with Gasteiger partial charge >= 0.3 is 0 Å². The van der Waals surface area contributed by atoms with Gasteiger partial charge in [-0.2, -0.15) is 0 Å². The summed E-state index contributed by atoms with van der Waals surface area (Å²) in [6, 6.07) is 168. The molecule has 0 saturated heterocycles. The molecule has 4 aromatic heterocycles. The van der Waals surface area contributed by atoms with Crippen LogP contribution in [0.15, 0.2) is 480 Å². The third-order valence-electron chi connectivity index (χ3n) is 30.8. The van der Waals surface area contributed by atoms with Crippen LogP contribution in [0.3, 0.4) is 0 Å². The zero-order valence-electron chi connectivity index (χ0n) is 83.9. The lowest BCUT2D eigenvalue weighted by molar-refractivity contribution is 0.591. The highest BCUT2D eigenvalue weighted by Crippen LogP contribution is 2.52. The fourth-order valence-corrected chi connectivity index (χ4v) is 23.1. The van der Waals surface area contributed by atoms with Gasteiger partial charge < -0.3 is 4.57 Å².